The van der Waals surface area contributed by atoms with E-state index >= 15 is 0 Å². The summed E-state index contributed by atoms with van der Waals surface area (Å²) < 4.78 is 5.41. The van der Waals surface area contributed by atoms with Crippen LogP contribution in [0.4, 0.5) is 0 Å². The number of nitrogens with one attached hydrogen (secondary N) is 1. The zero-order valence-corrected chi connectivity index (χ0v) is 13.8. The second kappa shape index (κ2) is 6.03. The summed E-state index contributed by atoms with van der Waals surface area (Å²) in [5, 5.41) is 13.3. The Kier molecular flexibility index (Phi) is 4.19. The molecule has 1 aliphatic heterocycles. The molecule has 3 rings (SSSR count). The summed E-state index contributed by atoms with van der Waals surface area (Å²) in [5.41, 5.74) is -0.401. The molecular formula is C17H16ClNO5. The highest BCUT2D eigenvalue weighted by Crippen LogP contribution is 2.45. The van der Waals surface area contributed by atoms with Gasteiger partial charge in [0.1, 0.15) is 17.1 Å². The van der Waals surface area contributed by atoms with Gasteiger partial charge in [0, 0.05) is 17.2 Å². The number of benzene rings is 1. The van der Waals surface area contributed by atoms with Crippen LogP contribution in [0.1, 0.15) is 24.5 Å². The van der Waals surface area contributed by atoms with E-state index in [4.69, 9.17) is 16.3 Å². The highest BCUT2D eigenvalue weighted by molar-refractivity contribution is 6.32. The lowest BCUT2D eigenvalue weighted by Gasteiger charge is -2.33. The normalized spacial score (nSPS) is 22.7. The molecule has 0 bridgehead atoms. The van der Waals surface area contributed by atoms with Crippen molar-refractivity contribution in [2.45, 2.75) is 18.8 Å². The number of amides is 1. The van der Waals surface area contributed by atoms with Crippen molar-refractivity contribution in [2.75, 3.05) is 19.8 Å². The van der Waals surface area contributed by atoms with E-state index in [9.17, 15) is 19.5 Å². The Bertz CT molecular complexity index is 777. The molecule has 6 nitrogen and oxygen atoms in total. The number of halogens is 1. The molecule has 24 heavy (non-hydrogen) atoms. The average molecular weight is 350 g/mol. The van der Waals surface area contributed by atoms with Crippen LogP contribution in [-0.4, -0.2) is 42.3 Å². The molecule has 1 heterocycles. The number of hydrogen-bond acceptors (Lipinski definition) is 5. The number of aliphatic hydroxyl groups excluding tert-OH is 1. The van der Waals surface area contributed by atoms with Crippen molar-refractivity contribution in [3.05, 3.63) is 39.9 Å². The lowest BCUT2D eigenvalue weighted by molar-refractivity contribution is -0.127. The van der Waals surface area contributed by atoms with E-state index < -0.39 is 22.9 Å². The number of fused-ring (bicyclic) bond motifs is 2. The standard InChI is InChI=1S/C17H16ClNO5/c1-9(20)7-19-16(23)13-14(21)11-6-10(18)2-3-12(11)17(15(13)22)4-5-24-8-17/h2-3,6,21H,4-5,7-8H2,1H3,(H,19,23)/t17-/m0/s1. The van der Waals surface area contributed by atoms with Gasteiger partial charge >= 0.3 is 0 Å². The first-order valence-corrected chi connectivity index (χ1v) is 7.88. The fourth-order valence-corrected chi connectivity index (χ4v) is 3.37. The number of ketones is 2. The minimum Gasteiger partial charge on any atom is -0.506 e. The maximum absolute atomic E-state index is 13.0. The van der Waals surface area contributed by atoms with Crippen LogP contribution in [0.3, 0.4) is 0 Å². The Balaban J connectivity index is 2.14. The summed E-state index contributed by atoms with van der Waals surface area (Å²) in [6.07, 6.45) is 0.414. The molecule has 7 heteroatoms. The summed E-state index contributed by atoms with van der Waals surface area (Å²) in [6, 6.07) is 4.85. The predicted octanol–water partition coefficient (Wildman–Crippen LogP) is 1.56. The van der Waals surface area contributed by atoms with Gasteiger partial charge in [-0.25, -0.2) is 0 Å². The van der Waals surface area contributed by atoms with Gasteiger partial charge in [-0.1, -0.05) is 17.7 Å². The van der Waals surface area contributed by atoms with Crippen LogP contribution in [0.2, 0.25) is 5.02 Å². The van der Waals surface area contributed by atoms with Crippen molar-refractivity contribution < 1.29 is 24.2 Å². The van der Waals surface area contributed by atoms with E-state index in [0.717, 1.165) is 0 Å². The molecule has 0 unspecified atom stereocenters. The van der Waals surface area contributed by atoms with Gasteiger partial charge in [0.2, 0.25) is 0 Å². The fourth-order valence-electron chi connectivity index (χ4n) is 3.19. The number of Topliss-reactive ketones (excluding diaryl/α,β-unsaturated/α-hetero) is 2. The molecule has 126 valence electrons. The van der Waals surface area contributed by atoms with Gasteiger partial charge in [0.25, 0.3) is 5.91 Å². The van der Waals surface area contributed by atoms with Crippen molar-refractivity contribution in [1.29, 1.82) is 0 Å². The van der Waals surface area contributed by atoms with Crippen molar-refractivity contribution in [3.63, 3.8) is 0 Å². The number of carbonyl (C=O) groups excluding carboxylic acids is 3. The van der Waals surface area contributed by atoms with E-state index in [1.807, 2.05) is 0 Å². The summed E-state index contributed by atoms with van der Waals surface area (Å²) in [7, 11) is 0. The summed E-state index contributed by atoms with van der Waals surface area (Å²) in [5.74, 6) is -1.94. The van der Waals surface area contributed by atoms with E-state index in [0.29, 0.717) is 29.2 Å². The number of carbonyl (C=O) groups is 3. The zero-order chi connectivity index (χ0) is 17.5. The average Bonchev–Trinajstić information content (AvgIpc) is 3.02. The van der Waals surface area contributed by atoms with E-state index in [-0.39, 0.29) is 24.5 Å². The zero-order valence-electron chi connectivity index (χ0n) is 13.0. The molecule has 1 fully saturated rings. The van der Waals surface area contributed by atoms with Gasteiger partial charge in [-0.2, -0.15) is 0 Å². The smallest absolute Gasteiger partial charge is 0.259 e. The number of hydrogen-bond donors (Lipinski definition) is 2. The first kappa shape index (κ1) is 16.7. The monoisotopic (exact) mass is 349 g/mol. The lowest BCUT2D eigenvalue weighted by atomic mass is 9.68. The van der Waals surface area contributed by atoms with Gasteiger partial charge in [-0.05, 0) is 31.0 Å². The topological polar surface area (TPSA) is 92.7 Å². The third-order valence-corrected chi connectivity index (χ3v) is 4.63. The molecule has 1 aromatic rings. The van der Waals surface area contributed by atoms with Crippen LogP contribution in [0.15, 0.2) is 23.8 Å². The van der Waals surface area contributed by atoms with Crippen LogP contribution in [0.25, 0.3) is 5.76 Å². The van der Waals surface area contributed by atoms with Crippen LogP contribution in [-0.2, 0) is 24.5 Å². The Morgan fingerprint density at radius 2 is 2.17 bits per heavy atom. The summed E-state index contributed by atoms with van der Waals surface area (Å²) in [6.45, 7) is 1.63. The minimum atomic E-state index is -1.00. The molecule has 0 saturated carbocycles. The largest absolute Gasteiger partial charge is 0.506 e. The van der Waals surface area contributed by atoms with Gasteiger partial charge in [-0.15, -0.1) is 0 Å². The molecule has 1 aliphatic carbocycles. The first-order chi connectivity index (χ1) is 11.4. The van der Waals surface area contributed by atoms with E-state index in [1.54, 1.807) is 12.1 Å². The first-order valence-electron chi connectivity index (χ1n) is 7.50. The highest BCUT2D eigenvalue weighted by atomic mass is 35.5. The van der Waals surface area contributed by atoms with Gasteiger partial charge < -0.3 is 15.2 Å². The maximum Gasteiger partial charge on any atom is 0.259 e. The fraction of sp³-hybridized carbons (Fsp3) is 0.353. The van der Waals surface area contributed by atoms with Gasteiger partial charge in [0.15, 0.2) is 5.78 Å². The SMILES string of the molecule is CC(=O)CNC(=O)C1=C(O)c2cc(Cl)ccc2[C@@]2(CCOC2)C1=O. The van der Waals surface area contributed by atoms with Gasteiger partial charge in [0.05, 0.1) is 18.6 Å². The molecule has 1 saturated heterocycles. The Morgan fingerprint density at radius 3 is 2.79 bits per heavy atom. The van der Waals surface area contributed by atoms with Crippen LogP contribution < -0.4 is 5.32 Å². The molecular weight excluding hydrogens is 334 g/mol. The van der Waals surface area contributed by atoms with Crippen LogP contribution >= 0.6 is 11.6 Å². The minimum absolute atomic E-state index is 0.136. The molecule has 0 radical (unpaired) electrons. The Hall–Kier alpha value is -2.18. The summed E-state index contributed by atoms with van der Waals surface area (Å²) >= 11 is 6.01. The molecule has 1 spiro atoms. The van der Waals surface area contributed by atoms with Crippen molar-refractivity contribution in [2.24, 2.45) is 0 Å². The second-order valence-electron chi connectivity index (χ2n) is 6.01. The summed E-state index contributed by atoms with van der Waals surface area (Å²) in [4.78, 5) is 36.5. The third kappa shape index (κ3) is 2.52. The van der Waals surface area contributed by atoms with Crippen molar-refractivity contribution >= 4 is 34.8 Å². The number of aliphatic hydroxyl groups is 1. The molecule has 1 atom stereocenters. The quantitative estimate of drug-likeness (QED) is 0.808. The molecule has 1 aromatic carbocycles. The Morgan fingerprint density at radius 1 is 1.42 bits per heavy atom. The molecule has 0 aromatic heterocycles. The van der Waals surface area contributed by atoms with Crippen molar-refractivity contribution in [3.8, 4) is 0 Å². The molecule has 2 aliphatic rings. The molecule has 2 N–H and O–H groups in total. The number of rotatable bonds is 3. The highest BCUT2D eigenvalue weighted by Gasteiger charge is 2.51. The number of ether oxygens (including phenoxy) is 1. The van der Waals surface area contributed by atoms with Gasteiger partial charge in [-0.3, -0.25) is 14.4 Å². The van der Waals surface area contributed by atoms with Crippen molar-refractivity contribution in [1.82, 2.24) is 5.32 Å². The van der Waals surface area contributed by atoms with E-state index in [1.165, 1.54) is 13.0 Å². The van der Waals surface area contributed by atoms with E-state index in [2.05, 4.69) is 5.32 Å². The second-order valence-corrected chi connectivity index (χ2v) is 6.45. The maximum atomic E-state index is 13.0. The Labute approximate surface area is 143 Å². The predicted molar refractivity (Wildman–Crippen MR) is 86.8 cm³/mol. The lowest BCUT2D eigenvalue weighted by Crippen LogP contribution is -2.45. The van der Waals surface area contributed by atoms with Crippen LogP contribution in [0.5, 0.6) is 0 Å². The third-order valence-electron chi connectivity index (χ3n) is 4.40. The van der Waals surface area contributed by atoms with Crippen LogP contribution in [0, 0.1) is 0 Å². The molecule has 1 amide bonds.